The van der Waals surface area contributed by atoms with Crippen molar-refractivity contribution in [2.75, 3.05) is 0 Å². The molecule has 0 saturated carbocycles. The van der Waals surface area contributed by atoms with Gasteiger partial charge in [0, 0.05) is 9.13 Å². The summed E-state index contributed by atoms with van der Waals surface area (Å²) in [5.74, 6) is 1.40. The van der Waals surface area contributed by atoms with Crippen molar-refractivity contribution in [2.45, 2.75) is 13.0 Å². The van der Waals surface area contributed by atoms with Crippen LogP contribution in [-0.4, -0.2) is 15.2 Å². The average Bonchev–Trinajstić information content (AvgIpc) is 2.68. The van der Waals surface area contributed by atoms with Gasteiger partial charge in [-0.3, -0.25) is 5.10 Å². The Morgan fingerprint density at radius 1 is 1.33 bits per heavy atom. The van der Waals surface area contributed by atoms with Gasteiger partial charge in [0.2, 0.25) is 0 Å². The van der Waals surface area contributed by atoms with E-state index in [2.05, 4.69) is 37.8 Å². The van der Waals surface area contributed by atoms with Gasteiger partial charge in [0.05, 0.1) is 6.04 Å². The predicted molar refractivity (Wildman–Crippen MR) is 67.1 cm³/mol. The predicted octanol–water partition coefficient (Wildman–Crippen LogP) is 2.10. The van der Waals surface area contributed by atoms with Crippen molar-refractivity contribution in [2.24, 2.45) is 5.73 Å². The largest absolute Gasteiger partial charge is 0.322 e. The molecule has 4 nitrogen and oxygen atoms in total. The van der Waals surface area contributed by atoms with Crippen LogP contribution in [0.4, 0.5) is 0 Å². The third-order valence-corrected chi connectivity index (χ3v) is 2.76. The van der Waals surface area contributed by atoms with Crippen LogP contribution in [0.25, 0.3) is 11.4 Å². The highest BCUT2D eigenvalue weighted by Gasteiger charge is 2.08. The minimum absolute atomic E-state index is 0.116. The number of nitrogens with zero attached hydrogens (tertiary/aromatic N) is 2. The summed E-state index contributed by atoms with van der Waals surface area (Å²) in [6.07, 6.45) is 0. The van der Waals surface area contributed by atoms with Crippen molar-refractivity contribution in [1.29, 1.82) is 0 Å². The standard InChI is InChI=1S/C10H11IN4/c1-6(12)9-13-10(15-14-9)7-2-4-8(11)5-3-7/h2-6H,12H2,1H3,(H,13,14,15)/t6-/m1/s1. The van der Waals surface area contributed by atoms with Crippen molar-refractivity contribution in [3.63, 3.8) is 0 Å². The Morgan fingerprint density at radius 3 is 2.53 bits per heavy atom. The van der Waals surface area contributed by atoms with Gasteiger partial charge in [-0.25, -0.2) is 4.98 Å². The van der Waals surface area contributed by atoms with E-state index in [4.69, 9.17) is 5.73 Å². The highest BCUT2D eigenvalue weighted by Crippen LogP contribution is 2.17. The van der Waals surface area contributed by atoms with Gasteiger partial charge >= 0.3 is 0 Å². The first-order valence-corrected chi connectivity index (χ1v) is 5.68. The molecule has 5 heteroatoms. The van der Waals surface area contributed by atoms with E-state index in [0.29, 0.717) is 11.6 Å². The molecule has 0 unspecified atom stereocenters. The summed E-state index contributed by atoms with van der Waals surface area (Å²) in [6, 6.07) is 7.93. The summed E-state index contributed by atoms with van der Waals surface area (Å²) in [4.78, 5) is 4.32. The van der Waals surface area contributed by atoms with Crippen molar-refractivity contribution in [3.05, 3.63) is 33.7 Å². The molecule has 0 saturated heterocycles. The molecule has 0 radical (unpaired) electrons. The zero-order valence-electron chi connectivity index (χ0n) is 8.24. The van der Waals surface area contributed by atoms with E-state index in [9.17, 15) is 0 Å². The molecule has 15 heavy (non-hydrogen) atoms. The highest BCUT2D eigenvalue weighted by atomic mass is 127. The van der Waals surface area contributed by atoms with Gasteiger partial charge in [0.25, 0.3) is 0 Å². The lowest BCUT2D eigenvalue weighted by Crippen LogP contribution is -2.06. The van der Waals surface area contributed by atoms with Crippen LogP contribution in [0.15, 0.2) is 24.3 Å². The molecular formula is C10H11IN4. The molecule has 1 aromatic heterocycles. The van der Waals surface area contributed by atoms with Gasteiger partial charge in [-0.15, -0.1) is 0 Å². The van der Waals surface area contributed by atoms with Gasteiger partial charge in [-0.05, 0) is 41.6 Å². The fourth-order valence-electron chi connectivity index (χ4n) is 1.21. The number of halogens is 1. The maximum atomic E-state index is 5.69. The number of hydrogen-bond donors (Lipinski definition) is 2. The van der Waals surface area contributed by atoms with Crippen molar-refractivity contribution in [3.8, 4) is 11.4 Å². The summed E-state index contributed by atoms with van der Waals surface area (Å²) in [5, 5.41) is 6.95. The number of hydrogen-bond acceptors (Lipinski definition) is 3. The maximum Gasteiger partial charge on any atom is 0.181 e. The summed E-state index contributed by atoms with van der Waals surface area (Å²) < 4.78 is 1.19. The van der Waals surface area contributed by atoms with Crippen molar-refractivity contribution < 1.29 is 0 Å². The van der Waals surface area contributed by atoms with E-state index in [1.54, 1.807) is 0 Å². The van der Waals surface area contributed by atoms with E-state index >= 15 is 0 Å². The Balaban J connectivity index is 2.33. The Labute approximate surface area is 101 Å². The average molecular weight is 314 g/mol. The third kappa shape index (κ3) is 2.35. The van der Waals surface area contributed by atoms with Crippen LogP contribution in [0.2, 0.25) is 0 Å². The molecule has 0 fully saturated rings. The Morgan fingerprint density at radius 2 is 2.00 bits per heavy atom. The molecule has 0 amide bonds. The van der Waals surface area contributed by atoms with Crippen LogP contribution in [0, 0.1) is 3.57 Å². The first-order chi connectivity index (χ1) is 7.16. The second kappa shape index (κ2) is 4.28. The molecule has 1 heterocycles. The number of aromatic amines is 1. The summed E-state index contributed by atoms with van der Waals surface area (Å²) in [5.41, 5.74) is 6.69. The van der Waals surface area contributed by atoms with Gasteiger partial charge in [-0.2, -0.15) is 5.10 Å². The first-order valence-electron chi connectivity index (χ1n) is 4.60. The molecule has 2 aromatic rings. The zero-order valence-corrected chi connectivity index (χ0v) is 10.4. The lowest BCUT2D eigenvalue weighted by Gasteiger charge is -1.96. The topological polar surface area (TPSA) is 67.6 Å². The monoisotopic (exact) mass is 314 g/mol. The van der Waals surface area contributed by atoms with Gasteiger partial charge in [0.15, 0.2) is 5.82 Å². The van der Waals surface area contributed by atoms with Gasteiger partial charge in [-0.1, -0.05) is 12.1 Å². The second-order valence-corrected chi connectivity index (χ2v) is 4.59. The minimum atomic E-state index is -0.116. The van der Waals surface area contributed by atoms with Gasteiger partial charge in [0.1, 0.15) is 5.82 Å². The fourth-order valence-corrected chi connectivity index (χ4v) is 1.57. The lowest BCUT2D eigenvalue weighted by atomic mass is 10.2. The number of nitrogens with one attached hydrogen (secondary N) is 1. The van der Waals surface area contributed by atoms with Crippen LogP contribution >= 0.6 is 22.6 Å². The molecule has 78 valence electrons. The van der Waals surface area contributed by atoms with Gasteiger partial charge < -0.3 is 5.73 Å². The lowest BCUT2D eigenvalue weighted by molar-refractivity contribution is 0.745. The molecule has 0 bridgehead atoms. The van der Waals surface area contributed by atoms with Crippen molar-refractivity contribution >= 4 is 22.6 Å². The van der Waals surface area contributed by atoms with Crippen LogP contribution in [0.3, 0.4) is 0 Å². The molecular weight excluding hydrogens is 303 g/mol. The molecule has 1 atom stereocenters. The van der Waals surface area contributed by atoms with E-state index in [-0.39, 0.29) is 6.04 Å². The van der Waals surface area contributed by atoms with E-state index in [0.717, 1.165) is 5.56 Å². The smallest absolute Gasteiger partial charge is 0.181 e. The zero-order chi connectivity index (χ0) is 10.8. The fraction of sp³-hybridized carbons (Fsp3) is 0.200. The Kier molecular flexibility index (Phi) is 3.01. The number of aromatic nitrogens is 3. The second-order valence-electron chi connectivity index (χ2n) is 3.34. The number of rotatable bonds is 2. The Hall–Kier alpha value is -0.950. The van der Waals surface area contributed by atoms with Crippen molar-refractivity contribution in [1.82, 2.24) is 15.2 Å². The molecule has 0 aliphatic rings. The third-order valence-electron chi connectivity index (χ3n) is 2.04. The van der Waals surface area contributed by atoms with Crippen LogP contribution in [0.5, 0.6) is 0 Å². The van der Waals surface area contributed by atoms with E-state index in [1.165, 1.54) is 3.57 Å². The number of H-pyrrole nitrogens is 1. The van der Waals surface area contributed by atoms with Crippen LogP contribution < -0.4 is 5.73 Å². The molecule has 0 spiro atoms. The maximum absolute atomic E-state index is 5.69. The summed E-state index contributed by atoms with van der Waals surface area (Å²) in [6.45, 7) is 1.87. The number of nitrogens with two attached hydrogens (primary N) is 1. The van der Waals surface area contributed by atoms with E-state index in [1.807, 2.05) is 31.2 Å². The normalized spacial score (nSPS) is 12.7. The summed E-state index contributed by atoms with van der Waals surface area (Å²) >= 11 is 2.26. The first kappa shape index (κ1) is 10.6. The molecule has 0 aliphatic carbocycles. The molecule has 1 aromatic carbocycles. The number of benzene rings is 1. The SMILES string of the molecule is C[C@@H](N)c1nc(-c2ccc(I)cc2)n[nH]1. The van der Waals surface area contributed by atoms with Crippen LogP contribution in [-0.2, 0) is 0 Å². The summed E-state index contributed by atoms with van der Waals surface area (Å²) in [7, 11) is 0. The highest BCUT2D eigenvalue weighted by molar-refractivity contribution is 14.1. The molecule has 2 rings (SSSR count). The van der Waals surface area contributed by atoms with E-state index < -0.39 is 0 Å². The van der Waals surface area contributed by atoms with Crippen LogP contribution in [0.1, 0.15) is 18.8 Å². The molecule has 3 N–H and O–H groups in total. The minimum Gasteiger partial charge on any atom is -0.322 e. The quantitative estimate of drug-likeness (QED) is 0.834. The Bertz CT molecular complexity index is 447. The molecule has 0 aliphatic heterocycles.